The predicted molar refractivity (Wildman–Crippen MR) is 33.9 cm³/mol. The zero-order valence-electron chi connectivity index (χ0n) is 5.86. The van der Waals surface area contributed by atoms with Crippen LogP contribution in [-0.2, 0) is 9.59 Å². The van der Waals surface area contributed by atoms with Gasteiger partial charge in [0, 0.05) is 6.54 Å². The molecule has 1 aliphatic heterocycles. The molecule has 0 bridgehead atoms. The Kier molecular flexibility index (Phi) is 2.09. The molecule has 0 aliphatic carbocycles. The van der Waals surface area contributed by atoms with Gasteiger partial charge in [0.25, 0.3) is 5.91 Å². The van der Waals surface area contributed by atoms with Crippen molar-refractivity contribution >= 4 is 11.9 Å². The summed E-state index contributed by atoms with van der Waals surface area (Å²) in [5, 5.41) is 17.8. The zero-order chi connectivity index (χ0) is 8.43. The lowest BCUT2D eigenvalue weighted by molar-refractivity contribution is -0.180. The van der Waals surface area contributed by atoms with Crippen LogP contribution in [0.2, 0.25) is 0 Å². The fourth-order valence-electron chi connectivity index (χ4n) is 1.09. The molecule has 1 fully saturated rings. The number of piperidine rings is 1. The number of hydrogen-bond acceptors (Lipinski definition) is 3. The van der Waals surface area contributed by atoms with E-state index in [1.165, 1.54) is 0 Å². The van der Waals surface area contributed by atoms with Gasteiger partial charge in [0.05, 0.1) is 0 Å². The molecule has 1 unspecified atom stereocenters. The third kappa shape index (κ3) is 1.48. The van der Waals surface area contributed by atoms with Crippen molar-refractivity contribution in [3.05, 3.63) is 0 Å². The number of carboxylic acids is 1. The summed E-state index contributed by atoms with van der Waals surface area (Å²) in [6, 6.07) is 0. The van der Waals surface area contributed by atoms with Crippen LogP contribution in [0.3, 0.4) is 0 Å². The minimum atomic E-state index is -1.16. The summed E-state index contributed by atoms with van der Waals surface area (Å²) in [6.45, 7) is 0.239. The Labute approximate surface area is 63.2 Å². The van der Waals surface area contributed by atoms with E-state index in [4.69, 9.17) is 10.3 Å². The molecule has 1 saturated heterocycles. The molecule has 0 spiro atoms. The molecular formula is C6H9NO4. The normalized spacial score (nSPS) is 25.4. The summed E-state index contributed by atoms with van der Waals surface area (Å²) in [7, 11) is 0. The van der Waals surface area contributed by atoms with Crippen molar-refractivity contribution < 1.29 is 19.9 Å². The Morgan fingerprint density at radius 2 is 2.27 bits per heavy atom. The molecule has 11 heavy (non-hydrogen) atoms. The fraction of sp³-hybridized carbons (Fsp3) is 0.667. The first-order valence-corrected chi connectivity index (χ1v) is 3.36. The monoisotopic (exact) mass is 159 g/mol. The lowest BCUT2D eigenvalue weighted by Gasteiger charge is -2.24. The van der Waals surface area contributed by atoms with Crippen molar-refractivity contribution in [3.8, 4) is 0 Å². The Morgan fingerprint density at radius 1 is 1.64 bits per heavy atom. The van der Waals surface area contributed by atoms with Gasteiger partial charge in [0.2, 0.25) is 0 Å². The van der Waals surface area contributed by atoms with Gasteiger partial charge in [0.15, 0.2) is 0 Å². The molecule has 1 atom stereocenters. The van der Waals surface area contributed by atoms with E-state index in [-0.39, 0.29) is 6.54 Å². The van der Waals surface area contributed by atoms with Gasteiger partial charge in [-0.2, -0.15) is 0 Å². The van der Waals surface area contributed by atoms with E-state index in [0.29, 0.717) is 17.9 Å². The average molecular weight is 159 g/mol. The first kappa shape index (κ1) is 8.00. The lowest BCUT2D eigenvalue weighted by atomic mass is 9.99. The number of carboxylic acid groups (broad SMARTS) is 1. The second-order valence-corrected chi connectivity index (χ2v) is 2.49. The largest absolute Gasteiger partial charge is 0.481 e. The van der Waals surface area contributed by atoms with Gasteiger partial charge >= 0.3 is 5.97 Å². The van der Waals surface area contributed by atoms with Crippen LogP contribution in [0.1, 0.15) is 12.8 Å². The van der Waals surface area contributed by atoms with Gasteiger partial charge in [-0.25, -0.2) is 5.06 Å². The first-order valence-electron chi connectivity index (χ1n) is 3.36. The van der Waals surface area contributed by atoms with Gasteiger partial charge in [-0.15, -0.1) is 0 Å². The van der Waals surface area contributed by atoms with Crippen LogP contribution in [0.4, 0.5) is 0 Å². The van der Waals surface area contributed by atoms with Crippen molar-refractivity contribution in [1.29, 1.82) is 0 Å². The Hall–Kier alpha value is -1.10. The number of rotatable bonds is 1. The van der Waals surface area contributed by atoms with Crippen LogP contribution in [0.5, 0.6) is 0 Å². The van der Waals surface area contributed by atoms with E-state index < -0.39 is 17.8 Å². The highest BCUT2D eigenvalue weighted by atomic mass is 16.5. The summed E-state index contributed by atoms with van der Waals surface area (Å²) in [4.78, 5) is 21.2. The van der Waals surface area contributed by atoms with Crippen molar-refractivity contribution in [2.75, 3.05) is 6.54 Å². The van der Waals surface area contributed by atoms with Crippen LogP contribution in [0.15, 0.2) is 0 Å². The molecule has 0 aromatic carbocycles. The topological polar surface area (TPSA) is 77.8 Å². The van der Waals surface area contributed by atoms with E-state index >= 15 is 0 Å². The molecule has 0 saturated carbocycles. The summed E-state index contributed by atoms with van der Waals surface area (Å²) >= 11 is 0. The third-order valence-corrected chi connectivity index (χ3v) is 1.71. The highest BCUT2D eigenvalue weighted by Crippen LogP contribution is 2.16. The Morgan fingerprint density at radius 3 is 2.73 bits per heavy atom. The van der Waals surface area contributed by atoms with Gasteiger partial charge in [0.1, 0.15) is 5.92 Å². The number of amides is 1. The minimum absolute atomic E-state index is 0.239. The molecule has 0 aromatic rings. The maximum Gasteiger partial charge on any atom is 0.316 e. The van der Waals surface area contributed by atoms with Crippen molar-refractivity contribution in [3.63, 3.8) is 0 Å². The second kappa shape index (κ2) is 2.87. The van der Waals surface area contributed by atoms with Crippen molar-refractivity contribution in [2.24, 2.45) is 5.92 Å². The molecule has 5 heteroatoms. The van der Waals surface area contributed by atoms with E-state index in [9.17, 15) is 9.59 Å². The Bertz CT molecular complexity index is 191. The van der Waals surface area contributed by atoms with Gasteiger partial charge in [-0.3, -0.25) is 14.8 Å². The molecule has 1 rings (SSSR count). The highest BCUT2D eigenvalue weighted by Gasteiger charge is 2.33. The minimum Gasteiger partial charge on any atom is -0.481 e. The molecule has 0 aromatic heterocycles. The van der Waals surface area contributed by atoms with Crippen LogP contribution < -0.4 is 0 Å². The lowest BCUT2D eigenvalue weighted by Crippen LogP contribution is -2.42. The summed E-state index contributed by atoms with van der Waals surface area (Å²) < 4.78 is 0. The number of carbonyl (C=O) groups is 2. The third-order valence-electron chi connectivity index (χ3n) is 1.71. The van der Waals surface area contributed by atoms with Crippen LogP contribution in [-0.4, -0.2) is 33.8 Å². The molecule has 5 nitrogen and oxygen atoms in total. The predicted octanol–water partition coefficient (Wildman–Crippen LogP) is -0.301. The number of aliphatic carboxylic acids is 1. The summed E-state index contributed by atoms with van der Waals surface area (Å²) in [5.74, 6) is -2.91. The maximum atomic E-state index is 10.9. The van der Waals surface area contributed by atoms with Gasteiger partial charge in [-0.05, 0) is 12.8 Å². The van der Waals surface area contributed by atoms with E-state index in [2.05, 4.69) is 0 Å². The molecule has 1 aliphatic rings. The molecule has 0 radical (unpaired) electrons. The van der Waals surface area contributed by atoms with Crippen LogP contribution >= 0.6 is 0 Å². The molecule has 1 amide bonds. The standard InChI is InChI=1S/C6H9NO4/c8-5-4(6(9)10)2-1-3-7(5)11/h4,11H,1-3H2,(H,9,10). The van der Waals surface area contributed by atoms with Crippen molar-refractivity contribution in [2.45, 2.75) is 12.8 Å². The number of carbonyl (C=O) groups excluding carboxylic acids is 1. The number of hydroxylamine groups is 2. The maximum absolute atomic E-state index is 10.9. The van der Waals surface area contributed by atoms with E-state index in [1.54, 1.807) is 0 Å². The quantitative estimate of drug-likeness (QED) is 0.406. The number of nitrogens with zero attached hydrogens (tertiary/aromatic N) is 1. The zero-order valence-corrected chi connectivity index (χ0v) is 5.86. The average Bonchev–Trinajstić information content (AvgIpc) is 1.94. The highest BCUT2D eigenvalue weighted by molar-refractivity contribution is 5.96. The second-order valence-electron chi connectivity index (χ2n) is 2.49. The van der Waals surface area contributed by atoms with Gasteiger partial charge in [-0.1, -0.05) is 0 Å². The molecule has 2 N–H and O–H groups in total. The molecule has 62 valence electrons. The van der Waals surface area contributed by atoms with Gasteiger partial charge < -0.3 is 5.11 Å². The van der Waals surface area contributed by atoms with E-state index in [1.807, 2.05) is 0 Å². The first-order chi connectivity index (χ1) is 5.13. The summed E-state index contributed by atoms with van der Waals surface area (Å²) in [6.07, 6.45) is 0.866. The molecule has 1 heterocycles. The SMILES string of the molecule is O=C(O)C1CCCN(O)C1=O. The smallest absolute Gasteiger partial charge is 0.316 e. The summed E-state index contributed by atoms with van der Waals surface area (Å²) in [5.41, 5.74) is 0. The Balaban J connectivity index is 2.66. The van der Waals surface area contributed by atoms with Crippen molar-refractivity contribution in [1.82, 2.24) is 5.06 Å². The van der Waals surface area contributed by atoms with E-state index in [0.717, 1.165) is 0 Å². The van der Waals surface area contributed by atoms with Crippen LogP contribution in [0, 0.1) is 5.92 Å². The fourth-order valence-corrected chi connectivity index (χ4v) is 1.09. The molecular weight excluding hydrogens is 150 g/mol. The number of hydrogen-bond donors (Lipinski definition) is 2. The van der Waals surface area contributed by atoms with Crippen LogP contribution in [0.25, 0.3) is 0 Å².